The summed E-state index contributed by atoms with van der Waals surface area (Å²) in [6, 6.07) is 7.94. The van der Waals surface area contributed by atoms with E-state index in [-0.39, 0.29) is 0 Å². The van der Waals surface area contributed by atoms with E-state index >= 15 is 0 Å². The summed E-state index contributed by atoms with van der Waals surface area (Å²) in [5, 5.41) is 13.0. The van der Waals surface area contributed by atoms with E-state index in [1.165, 1.54) is 44.9 Å². The molecule has 0 bridgehead atoms. The number of aliphatic hydroxyl groups is 1. The maximum Gasteiger partial charge on any atom is 0.126 e. The molecule has 1 aromatic carbocycles. The van der Waals surface area contributed by atoms with Crippen molar-refractivity contribution < 1.29 is 19.9 Å². The van der Waals surface area contributed by atoms with Gasteiger partial charge in [0.25, 0.3) is 0 Å². The Labute approximate surface area is 150 Å². The quantitative estimate of drug-likeness (QED) is 0.669. The van der Waals surface area contributed by atoms with Crippen molar-refractivity contribution in [2.45, 2.75) is 57.1 Å². The highest BCUT2D eigenvalue weighted by Gasteiger charge is 2.16. The molecule has 0 aliphatic heterocycles. The molecule has 4 nitrogen and oxygen atoms in total. The lowest BCUT2D eigenvalue weighted by Gasteiger charge is -2.20. The number of ether oxygens (including phenoxy) is 2. The van der Waals surface area contributed by atoms with Crippen molar-refractivity contribution in [1.82, 2.24) is 0 Å². The molecule has 1 aliphatic carbocycles. The molecule has 24 heavy (non-hydrogen) atoms. The summed E-state index contributed by atoms with van der Waals surface area (Å²) in [6.07, 6.45) is 8.93. The van der Waals surface area contributed by atoms with Crippen molar-refractivity contribution >= 4 is 11.6 Å². The lowest BCUT2D eigenvalue weighted by Crippen LogP contribution is -2.92. The average Bonchev–Trinajstić information content (AvgIpc) is 2.55. The third-order valence-corrected chi connectivity index (χ3v) is 4.76. The van der Waals surface area contributed by atoms with Crippen LogP contribution in [0.5, 0.6) is 5.75 Å². The van der Waals surface area contributed by atoms with Crippen LogP contribution in [0.1, 0.15) is 44.9 Å². The third-order valence-electron chi connectivity index (χ3n) is 4.51. The van der Waals surface area contributed by atoms with Gasteiger partial charge in [-0.25, -0.2) is 0 Å². The zero-order valence-electron chi connectivity index (χ0n) is 14.5. The fourth-order valence-corrected chi connectivity index (χ4v) is 3.24. The minimum absolute atomic E-state index is 0.368. The molecule has 1 atom stereocenters. The van der Waals surface area contributed by atoms with Gasteiger partial charge < -0.3 is 19.9 Å². The molecule has 3 N–H and O–H groups in total. The summed E-state index contributed by atoms with van der Waals surface area (Å²) >= 11 is 5.82. The molecule has 0 unspecified atom stereocenters. The van der Waals surface area contributed by atoms with Crippen LogP contribution in [-0.4, -0.2) is 43.6 Å². The molecule has 1 fully saturated rings. The fraction of sp³-hybridized carbons (Fsp3) is 0.684. The van der Waals surface area contributed by atoms with Gasteiger partial charge in [-0.1, -0.05) is 30.9 Å². The molecule has 0 saturated heterocycles. The predicted molar refractivity (Wildman–Crippen MR) is 96.7 cm³/mol. The van der Waals surface area contributed by atoms with Gasteiger partial charge in [0.05, 0.1) is 19.3 Å². The molecule has 0 spiro atoms. The van der Waals surface area contributed by atoms with Crippen LogP contribution >= 0.6 is 11.6 Å². The normalized spacial score (nSPS) is 17.9. The van der Waals surface area contributed by atoms with Gasteiger partial charge >= 0.3 is 0 Å². The summed E-state index contributed by atoms with van der Waals surface area (Å²) in [7, 11) is 0. The van der Waals surface area contributed by atoms with Crippen molar-refractivity contribution in [2.75, 3.05) is 26.4 Å². The number of rotatable bonds is 9. The van der Waals surface area contributed by atoms with Crippen molar-refractivity contribution in [1.29, 1.82) is 0 Å². The molecule has 1 saturated carbocycles. The first-order valence-corrected chi connectivity index (χ1v) is 9.59. The number of nitrogens with two attached hydrogens (primary N) is 1. The first-order chi connectivity index (χ1) is 11.7. The van der Waals surface area contributed by atoms with E-state index in [1.807, 2.05) is 12.1 Å². The van der Waals surface area contributed by atoms with Crippen molar-refractivity contribution in [3.63, 3.8) is 0 Å². The second-order valence-corrected chi connectivity index (χ2v) is 7.04. The van der Waals surface area contributed by atoms with Crippen LogP contribution in [-0.2, 0) is 4.74 Å². The van der Waals surface area contributed by atoms with Gasteiger partial charge in [-0.15, -0.1) is 0 Å². The molecule has 0 aromatic heterocycles. The van der Waals surface area contributed by atoms with E-state index in [0.29, 0.717) is 30.9 Å². The van der Waals surface area contributed by atoms with Crippen LogP contribution in [0.15, 0.2) is 24.3 Å². The maximum absolute atomic E-state index is 10.0. The molecule has 1 aliphatic rings. The molecular formula is C19H31ClNO3+. The maximum atomic E-state index is 10.0. The van der Waals surface area contributed by atoms with Crippen LogP contribution in [0.4, 0.5) is 0 Å². The largest absolute Gasteiger partial charge is 0.491 e. The van der Waals surface area contributed by atoms with Gasteiger partial charge in [-0.2, -0.15) is 0 Å². The summed E-state index contributed by atoms with van der Waals surface area (Å²) < 4.78 is 11.1. The number of benzene rings is 1. The summed E-state index contributed by atoms with van der Waals surface area (Å²) in [6.45, 7) is 2.04. The SMILES string of the molecule is O[C@H](C[NH2+]C1CCCCCCC1)COCCOc1ccc(Cl)cc1. The molecular weight excluding hydrogens is 326 g/mol. The smallest absolute Gasteiger partial charge is 0.126 e. The van der Waals surface area contributed by atoms with E-state index in [2.05, 4.69) is 5.32 Å². The Hall–Kier alpha value is -0.810. The van der Waals surface area contributed by atoms with Crippen molar-refractivity contribution in [2.24, 2.45) is 0 Å². The van der Waals surface area contributed by atoms with Crippen LogP contribution in [0.2, 0.25) is 5.02 Å². The van der Waals surface area contributed by atoms with Crippen LogP contribution in [0.3, 0.4) is 0 Å². The first kappa shape index (κ1) is 19.5. The van der Waals surface area contributed by atoms with Crippen LogP contribution < -0.4 is 10.1 Å². The Morgan fingerprint density at radius 3 is 2.42 bits per heavy atom. The lowest BCUT2D eigenvalue weighted by molar-refractivity contribution is -0.696. The zero-order valence-corrected chi connectivity index (χ0v) is 15.2. The molecule has 1 aromatic rings. The molecule has 0 radical (unpaired) electrons. The second kappa shape index (κ2) is 11.7. The predicted octanol–water partition coefficient (Wildman–Crippen LogP) is 2.77. The number of aliphatic hydroxyl groups excluding tert-OH is 1. The highest BCUT2D eigenvalue weighted by molar-refractivity contribution is 6.30. The van der Waals surface area contributed by atoms with E-state index in [1.54, 1.807) is 12.1 Å². The Balaban J connectivity index is 1.49. The number of hydrogen-bond donors (Lipinski definition) is 2. The van der Waals surface area contributed by atoms with Gasteiger partial charge in [-0.3, -0.25) is 0 Å². The topological polar surface area (TPSA) is 55.3 Å². The Bertz CT molecular complexity index is 433. The van der Waals surface area contributed by atoms with E-state index < -0.39 is 6.10 Å². The minimum atomic E-state index is -0.411. The van der Waals surface area contributed by atoms with Crippen molar-refractivity contribution in [3.8, 4) is 5.75 Å². The van der Waals surface area contributed by atoms with Gasteiger partial charge in [0.1, 0.15) is 25.0 Å². The monoisotopic (exact) mass is 356 g/mol. The zero-order chi connectivity index (χ0) is 17.0. The van der Waals surface area contributed by atoms with E-state index in [9.17, 15) is 5.11 Å². The lowest BCUT2D eigenvalue weighted by atomic mass is 9.97. The summed E-state index contributed by atoms with van der Waals surface area (Å²) in [5.74, 6) is 0.779. The molecule has 0 heterocycles. The van der Waals surface area contributed by atoms with Crippen LogP contribution in [0, 0.1) is 0 Å². The highest BCUT2D eigenvalue weighted by Crippen LogP contribution is 2.15. The molecule has 5 heteroatoms. The van der Waals surface area contributed by atoms with Crippen molar-refractivity contribution in [3.05, 3.63) is 29.3 Å². The fourth-order valence-electron chi connectivity index (χ4n) is 3.11. The third kappa shape index (κ3) is 8.34. The molecule has 0 amide bonds. The molecule has 136 valence electrons. The summed E-state index contributed by atoms with van der Waals surface area (Å²) in [4.78, 5) is 0. The van der Waals surface area contributed by atoms with Gasteiger partial charge in [0.2, 0.25) is 0 Å². The second-order valence-electron chi connectivity index (χ2n) is 6.61. The van der Waals surface area contributed by atoms with Gasteiger partial charge in [-0.05, 0) is 49.9 Å². The van der Waals surface area contributed by atoms with Gasteiger partial charge in [0, 0.05) is 5.02 Å². The standard InChI is InChI=1S/C19H30ClNO3/c20-16-8-10-19(11-9-16)24-13-12-23-15-18(22)14-21-17-6-4-2-1-3-5-7-17/h8-11,17-18,21-22H,1-7,12-15H2/p+1/t18-/m1/s1. The number of quaternary nitrogens is 1. The van der Waals surface area contributed by atoms with Gasteiger partial charge in [0.15, 0.2) is 0 Å². The summed E-state index contributed by atoms with van der Waals surface area (Å²) in [5.41, 5.74) is 0. The Morgan fingerprint density at radius 2 is 1.71 bits per heavy atom. The Morgan fingerprint density at radius 1 is 1.04 bits per heavy atom. The van der Waals surface area contributed by atoms with Crippen LogP contribution in [0.25, 0.3) is 0 Å². The minimum Gasteiger partial charge on any atom is -0.491 e. The van der Waals surface area contributed by atoms with E-state index in [4.69, 9.17) is 21.1 Å². The first-order valence-electron chi connectivity index (χ1n) is 9.21. The number of hydrogen-bond acceptors (Lipinski definition) is 3. The van der Waals surface area contributed by atoms with E-state index in [0.717, 1.165) is 12.3 Å². The average molecular weight is 357 g/mol. The number of halogens is 1. The highest BCUT2D eigenvalue weighted by atomic mass is 35.5. The Kier molecular flexibility index (Phi) is 9.51. The molecule has 2 rings (SSSR count).